The molecule has 24 heavy (non-hydrogen) atoms. The lowest BCUT2D eigenvalue weighted by Crippen LogP contribution is -2.52. The normalized spacial score (nSPS) is 21.1. The van der Waals surface area contributed by atoms with Gasteiger partial charge in [0.15, 0.2) is 0 Å². The van der Waals surface area contributed by atoms with Gasteiger partial charge in [-0.2, -0.15) is 17.6 Å². The molecule has 0 radical (unpaired) electrons. The number of para-hydroxylation sites is 1. The zero-order valence-corrected chi connectivity index (χ0v) is 13.2. The second-order valence-electron chi connectivity index (χ2n) is 5.10. The number of hydrogen-bond acceptors (Lipinski definition) is 4. The van der Waals surface area contributed by atoms with E-state index in [1.807, 2.05) is 0 Å². The minimum absolute atomic E-state index is 0. The van der Waals surface area contributed by atoms with E-state index in [2.05, 4.69) is 15.4 Å². The van der Waals surface area contributed by atoms with Crippen LogP contribution in [-0.2, 0) is 0 Å². The van der Waals surface area contributed by atoms with E-state index in [1.54, 1.807) is 0 Å². The fraction of sp³-hybridized carbons (Fsp3) is 0.500. The van der Waals surface area contributed by atoms with E-state index < -0.39 is 36.3 Å². The van der Waals surface area contributed by atoms with Gasteiger partial charge in [0, 0.05) is 6.54 Å². The van der Waals surface area contributed by atoms with E-state index in [4.69, 9.17) is 0 Å². The first-order valence-corrected chi connectivity index (χ1v) is 6.95. The third kappa shape index (κ3) is 4.96. The van der Waals surface area contributed by atoms with Crippen molar-refractivity contribution in [2.75, 3.05) is 13.1 Å². The van der Waals surface area contributed by atoms with E-state index in [0.717, 1.165) is 6.07 Å². The van der Waals surface area contributed by atoms with Crippen LogP contribution in [0.4, 0.5) is 17.6 Å². The lowest BCUT2D eigenvalue weighted by molar-refractivity contribution is -0.253. The van der Waals surface area contributed by atoms with Crippen molar-refractivity contribution in [3.63, 3.8) is 0 Å². The van der Waals surface area contributed by atoms with Gasteiger partial charge in [-0.3, -0.25) is 4.79 Å². The monoisotopic (exact) mass is 372 g/mol. The van der Waals surface area contributed by atoms with Crippen molar-refractivity contribution >= 4 is 18.3 Å². The molecule has 2 atom stereocenters. The molecule has 1 aromatic rings. The zero-order valence-electron chi connectivity index (χ0n) is 12.3. The van der Waals surface area contributed by atoms with Gasteiger partial charge in [-0.15, -0.1) is 12.4 Å². The van der Waals surface area contributed by atoms with Gasteiger partial charge < -0.3 is 20.5 Å². The fourth-order valence-corrected chi connectivity index (χ4v) is 2.19. The lowest BCUT2D eigenvalue weighted by atomic mass is 10.0. The molecule has 0 aromatic heterocycles. The summed E-state index contributed by atoms with van der Waals surface area (Å²) in [5, 5.41) is 15.2. The number of piperidine rings is 1. The molecule has 1 amide bonds. The van der Waals surface area contributed by atoms with Crippen LogP contribution < -0.4 is 15.4 Å². The van der Waals surface area contributed by atoms with Crippen molar-refractivity contribution in [1.29, 1.82) is 0 Å². The number of nitrogens with one attached hydrogen (secondary N) is 2. The maximum absolute atomic E-state index is 13.0. The summed E-state index contributed by atoms with van der Waals surface area (Å²) in [6, 6.07) is 4.30. The molecule has 1 saturated heterocycles. The number of halogens is 5. The Hall–Kier alpha value is -1.58. The molecule has 3 N–H and O–H groups in total. The van der Waals surface area contributed by atoms with E-state index in [1.165, 1.54) is 18.2 Å². The topological polar surface area (TPSA) is 70.6 Å². The van der Waals surface area contributed by atoms with E-state index >= 15 is 0 Å². The summed E-state index contributed by atoms with van der Waals surface area (Å²) in [6.45, 7) is 0.857. The maximum atomic E-state index is 13.0. The SMILES string of the molecule is Cl.O=C(N[C@@H]1CCNC[C@H]1O)c1ccccc1OC(F)(F)C(F)F. The smallest absolute Gasteiger partial charge is 0.427 e. The highest BCUT2D eigenvalue weighted by Gasteiger charge is 2.44. The van der Waals surface area contributed by atoms with Crippen LogP contribution in [0.3, 0.4) is 0 Å². The quantitative estimate of drug-likeness (QED) is 0.689. The number of benzene rings is 1. The average molecular weight is 373 g/mol. The minimum atomic E-state index is -4.70. The van der Waals surface area contributed by atoms with Gasteiger partial charge in [0.1, 0.15) is 5.75 Å². The zero-order chi connectivity index (χ0) is 17.0. The van der Waals surface area contributed by atoms with Crippen LogP contribution in [0.1, 0.15) is 16.8 Å². The molecule has 10 heteroatoms. The van der Waals surface area contributed by atoms with Gasteiger partial charge in [-0.05, 0) is 25.1 Å². The van der Waals surface area contributed by atoms with Crippen LogP contribution in [0, 0.1) is 0 Å². The van der Waals surface area contributed by atoms with E-state index in [-0.39, 0.29) is 24.5 Å². The number of β-amino-alcohol motifs (C(OH)–C–C–N with tert-alkyl or cyclic N) is 1. The Morgan fingerprint density at radius 1 is 1.38 bits per heavy atom. The molecule has 136 valence electrons. The molecule has 1 heterocycles. The Morgan fingerprint density at radius 3 is 2.67 bits per heavy atom. The third-order valence-corrected chi connectivity index (χ3v) is 3.40. The first kappa shape index (κ1) is 20.5. The Morgan fingerprint density at radius 2 is 2.04 bits per heavy atom. The Kier molecular flexibility index (Phi) is 7.25. The standard InChI is InChI=1S/C14H16F4N2O3.ClH/c15-13(16)14(17,18)23-11-4-2-1-3-8(11)12(22)20-9-5-6-19-7-10(9)21;/h1-4,9-10,13,19,21H,5-7H2,(H,20,22);1H/t9-,10-;/m1./s1. The van der Waals surface area contributed by atoms with Crippen LogP contribution >= 0.6 is 12.4 Å². The molecular formula is C14H17ClF4N2O3. The maximum Gasteiger partial charge on any atom is 0.461 e. The highest BCUT2D eigenvalue weighted by Crippen LogP contribution is 2.29. The molecule has 0 saturated carbocycles. The molecule has 5 nitrogen and oxygen atoms in total. The molecular weight excluding hydrogens is 356 g/mol. The van der Waals surface area contributed by atoms with E-state index in [0.29, 0.717) is 13.0 Å². The largest absolute Gasteiger partial charge is 0.461 e. The summed E-state index contributed by atoms with van der Waals surface area (Å²) in [5.41, 5.74) is -0.307. The first-order valence-electron chi connectivity index (χ1n) is 6.95. The summed E-state index contributed by atoms with van der Waals surface area (Å²) in [7, 11) is 0. The van der Waals surface area contributed by atoms with Gasteiger partial charge in [-0.25, -0.2) is 0 Å². The molecule has 1 aliphatic rings. The van der Waals surface area contributed by atoms with Crippen molar-refractivity contribution < 1.29 is 32.2 Å². The van der Waals surface area contributed by atoms with Gasteiger partial charge in [0.2, 0.25) is 0 Å². The van der Waals surface area contributed by atoms with E-state index in [9.17, 15) is 27.5 Å². The average Bonchev–Trinajstić information content (AvgIpc) is 2.49. The summed E-state index contributed by atoms with van der Waals surface area (Å²) in [4.78, 5) is 12.2. The molecule has 1 aromatic carbocycles. The van der Waals surface area contributed by atoms with Gasteiger partial charge in [0.25, 0.3) is 5.91 Å². The van der Waals surface area contributed by atoms with Crippen LogP contribution in [0.2, 0.25) is 0 Å². The summed E-state index contributed by atoms with van der Waals surface area (Å²) in [6.07, 6.45) is -9.11. The number of alkyl halides is 4. The minimum Gasteiger partial charge on any atom is -0.427 e. The summed E-state index contributed by atoms with van der Waals surface area (Å²) < 4.78 is 54.6. The summed E-state index contributed by atoms with van der Waals surface area (Å²) in [5.74, 6) is -1.43. The highest BCUT2D eigenvalue weighted by atomic mass is 35.5. The third-order valence-electron chi connectivity index (χ3n) is 3.40. The van der Waals surface area contributed by atoms with Gasteiger partial charge >= 0.3 is 12.5 Å². The molecule has 0 unspecified atom stereocenters. The van der Waals surface area contributed by atoms with Crippen LogP contribution in [0.5, 0.6) is 5.75 Å². The first-order chi connectivity index (χ1) is 10.8. The molecule has 0 spiro atoms. The van der Waals surface area contributed by atoms with Crippen LogP contribution in [0.15, 0.2) is 24.3 Å². The number of aliphatic hydroxyl groups excluding tert-OH is 1. The molecule has 1 fully saturated rings. The fourth-order valence-electron chi connectivity index (χ4n) is 2.19. The predicted molar refractivity (Wildman–Crippen MR) is 80.0 cm³/mol. The summed E-state index contributed by atoms with van der Waals surface area (Å²) >= 11 is 0. The molecule has 1 aliphatic heterocycles. The second-order valence-corrected chi connectivity index (χ2v) is 5.10. The number of ether oxygens (including phenoxy) is 1. The molecule has 2 rings (SSSR count). The molecule has 0 bridgehead atoms. The Balaban J connectivity index is 0.00000288. The number of aliphatic hydroxyl groups is 1. The van der Waals surface area contributed by atoms with Crippen molar-refractivity contribution in [3.05, 3.63) is 29.8 Å². The van der Waals surface area contributed by atoms with Crippen molar-refractivity contribution in [1.82, 2.24) is 10.6 Å². The number of carbonyl (C=O) groups is 1. The second kappa shape index (κ2) is 8.50. The van der Waals surface area contributed by atoms with Crippen molar-refractivity contribution in [3.8, 4) is 5.75 Å². The Labute approximate surface area is 141 Å². The lowest BCUT2D eigenvalue weighted by Gasteiger charge is -2.29. The number of amides is 1. The van der Waals surface area contributed by atoms with Crippen LogP contribution in [0.25, 0.3) is 0 Å². The predicted octanol–water partition coefficient (Wildman–Crippen LogP) is 1.80. The Bertz CT molecular complexity index is 563. The van der Waals surface area contributed by atoms with Gasteiger partial charge in [-0.1, -0.05) is 12.1 Å². The number of hydrogen-bond donors (Lipinski definition) is 3. The van der Waals surface area contributed by atoms with Crippen molar-refractivity contribution in [2.24, 2.45) is 0 Å². The molecule has 0 aliphatic carbocycles. The highest BCUT2D eigenvalue weighted by molar-refractivity contribution is 5.97. The number of carbonyl (C=O) groups excluding carboxylic acids is 1. The number of rotatable bonds is 5. The van der Waals surface area contributed by atoms with Crippen molar-refractivity contribution in [2.45, 2.75) is 31.1 Å². The van der Waals surface area contributed by atoms with Gasteiger partial charge in [0.05, 0.1) is 17.7 Å². The van der Waals surface area contributed by atoms with Crippen LogP contribution in [-0.4, -0.2) is 48.8 Å².